The zero-order valence-corrected chi connectivity index (χ0v) is 13.7. The molecule has 0 unspecified atom stereocenters. The van der Waals surface area contributed by atoms with Gasteiger partial charge in [0.15, 0.2) is 5.82 Å². The molecule has 0 aliphatic heterocycles. The van der Waals surface area contributed by atoms with Crippen LogP contribution in [0.4, 0.5) is 5.69 Å². The molecule has 122 valence electrons. The summed E-state index contributed by atoms with van der Waals surface area (Å²) in [6.45, 7) is 3.93. The van der Waals surface area contributed by atoms with Crippen LogP contribution in [-0.2, 0) is 4.79 Å². The number of hydrogen-bond acceptors (Lipinski definition) is 4. The Kier molecular flexibility index (Phi) is 4.17. The molecule has 0 bridgehead atoms. The standard InChI is InChI=1S/C17H23N5O/c1-12-10-13(2)22(21-12)15-7-6-14(11-19-15)20-16(23)17(18)8-4-3-5-9-17/h6-7,10-11H,3-5,8-9,18H2,1-2H3,(H,20,23). The summed E-state index contributed by atoms with van der Waals surface area (Å²) in [4.78, 5) is 16.8. The van der Waals surface area contributed by atoms with Crippen LogP contribution in [0.2, 0.25) is 0 Å². The second kappa shape index (κ2) is 6.12. The van der Waals surface area contributed by atoms with Gasteiger partial charge in [0.05, 0.1) is 23.1 Å². The van der Waals surface area contributed by atoms with Gasteiger partial charge in [-0.2, -0.15) is 5.10 Å². The predicted octanol–water partition coefficient (Wildman–Crippen LogP) is 2.48. The molecule has 0 spiro atoms. The molecule has 1 aliphatic carbocycles. The Labute approximate surface area is 136 Å². The maximum Gasteiger partial charge on any atom is 0.244 e. The van der Waals surface area contributed by atoms with Crippen molar-refractivity contribution in [2.75, 3.05) is 5.32 Å². The number of hydrogen-bond donors (Lipinski definition) is 2. The Morgan fingerprint density at radius 2 is 2.00 bits per heavy atom. The summed E-state index contributed by atoms with van der Waals surface area (Å²) in [6.07, 6.45) is 6.32. The van der Waals surface area contributed by atoms with Gasteiger partial charge < -0.3 is 11.1 Å². The number of nitrogens with one attached hydrogen (secondary N) is 1. The first-order valence-electron chi connectivity index (χ1n) is 8.08. The average molecular weight is 313 g/mol. The zero-order chi connectivity index (χ0) is 16.4. The summed E-state index contributed by atoms with van der Waals surface area (Å²) >= 11 is 0. The molecule has 23 heavy (non-hydrogen) atoms. The first-order valence-corrected chi connectivity index (χ1v) is 8.08. The lowest BCUT2D eigenvalue weighted by Gasteiger charge is -2.31. The third kappa shape index (κ3) is 3.27. The van der Waals surface area contributed by atoms with Crippen molar-refractivity contribution >= 4 is 11.6 Å². The highest BCUT2D eigenvalue weighted by Gasteiger charge is 2.35. The molecule has 2 aromatic rings. The van der Waals surface area contributed by atoms with Gasteiger partial charge in [0.2, 0.25) is 5.91 Å². The van der Waals surface area contributed by atoms with Gasteiger partial charge in [-0.1, -0.05) is 19.3 Å². The van der Waals surface area contributed by atoms with Crippen LogP contribution in [0.5, 0.6) is 0 Å². The molecule has 6 nitrogen and oxygen atoms in total. The van der Waals surface area contributed by atoms with Crippen molar-refractivity contribution < 1.29 is 4.79 Å². The summed E-state index contributed by atoms with van der Waals surface area (Å²) in [5, 5.41) is 7.30. The molecule has 1 aliphatic rings. The molecule has 0 atom stereocenters. The number of nitrogens with two attached hydrogens (primary N) is 1. The normalized spacial score (nSPS) is 17.0. The Morgan fingerprint density at radius 1 is 1.26 bits per heavy atom. The van der Waals surface area contributed by atoms with Gasteiger partial charge in [0.25, 0.3) is 0 Å². The number of aryl methyl sites for hydroxylation is 2. The first-order chi connectivity index (χ1) is 11.0. The van der Waals surface area contributed by atoms with E-state index in [0.29, 0.717) is 5.69 Å². The van der Waals surface area contributed by atoms with E-state index >= 15 is 0 Å². The fraction of sp³-hybridized carbons (Fsp3) is 0.471. The van der Waals surface area contributed by atoms with Crippen molar-refractivity contribution in [2.45, 2.75) is 51.5 Å². The third-order valence-electron chi connectivity index (χ3n) is 4.43. The highest BCUT2D eigenvalue weighted by atomic mass is 16.2. The molecule has 0 radical (unpaired) electrons. The van der Waals surface area contributed by atoms with Crippen LogP contribution in [0.25, 0.3) is 5.82 Å². The highest BCUT2D eigenvalue weighted by molar-refractivity contribution is 5.97. The van der Waals surface area contributed by atoms with E-state index < -0.39 is 5.54 Å². The lowest BCUT2D eigenvalue weighted by Crippen LogP contribution is -2.52. The van der Waals surface area contributed by atoms with E-state index in [4.69, 9.17) is 5.73 Å². The average Bonchev–Trinajstić information content (AvgIpc) is 2.87. The van der Waals surface area contributed by atoms with E-state index in [-0.39, 0.29) is 5.91 Å². The highest BCUT2D eigenvalue weighted by Crippen LogP contribution is 2.27. The second-order valence-corrected chi connectivity index (χ2v) is 6.41. The van der Waals surface area contributed by atoms with Gasteiger partial charge in [-0.3, -0.25) is 4.79 Å². The van der Waals surface area contributed by atoms with Crippen LogP contribution in [0, 0.1) is 13.8 Å². The summed E-state index contributed by atoms with van der Waals surface area (Å²) in [6, 6.07) is 5.68. The molecule has 3 N–H and O–H groups in total. The largest absolute Gasteiger partial charge is 0.323 e. The van der Waals surface area contributed by atoms with Crippen LogP contribution < -0.4 is 11.1 Å². The van der Waals surface area contributed by atoms with Crippen molar-refractivity contribution in [3.63, 3.8) is 0 Å². The number of amides is 1. The summed E-state index contributed by atoms with van der Waals surface area (Å²) < 4.78 is 1.78. The molecule has 2 aromatic heterocycles. The Hall–Kier alpha value is -2.21. The smallest absolute Gasteiger partial charge is 0.244 e. The van der Waals surface area contributed by atoms with Crippen molar-refractivity contribution in [2.24, 2.45) is 5.73 Å². The Bertz CT molecular complexity index is 698. The van der Waals surface area contributed by atoms with E-state index in [1.54, 1.807) is 10.9 Å². The summed E-state index contributed by atoms with van der Waals surface area (Å²) in [5.41, 5.74) is 8.14. The maximum absolute atomic E-state index is 12.4. The van der Waals surface area contributed by atoms with Gasteiger partial charge >= 0.3 is 0 Å². The third-order valence-corrected chi connectivity index (χ3v) is 4.43. The van der Waals surface area contributed by atoms with Gasteiger partial charge in [-0.25, -0.2) is 9.67 Å². The van der Waals surface area contributed by atoms with Gasteiger partial charge in [0, 0.05) is 5.69 Å². The monoisotopic (exact) mass is 313 g/mol. The van der Waals surface area contributed by atoms with Crippen molar-refractivity contribution in [3.8, 4) is 5.82 Å². The van der Waals surface area contributed by atoms with E-state index in [2.05, 4.69) is 15.4 Å². The number of pyridine rings is 1. The fourth-order valence-electron chi connectivity index (χ4n) is 3.11. The molecule has 6 heteroatoms. The van der Waals surface area contributed by atoms with E-state index in [9.17, 15) is 4.79 Å². The number of carbonyl (C=O) groups is 1. The number of aromatic nitrogens is 3. The van der Waals surface area contributed by atoms with Gasteiger partial charge in [0.1, 0.15) is 0 Å². The Balaban J connectivity index is 1.72. The lowest BCUT2D eigenvalue weighted by atomic mass is 9.82. The van der Waals surface area contributed by atoms with Crippen molar-refractivity contribution in [1.82, 2.24) is 14.8 Å². The molecular formula is C17H23N5O. The summed E-state index contributed by atoms with van der Waals surface area (Å²) in [7, 11) is 0. The minimum atomic E-state index is -0.743. The number of anilines is 1. The summed E-state index contributed by atoms with van der Waals surface area (Å²) in [5.74, 6) is 0.617. The first kappa shape index (κ1) is 15.7. The van der Waals surface area contributed by atoms with E-state index in [0.717, 1.165) is 49.3 Å². The Morgan fingerprint density at radius 3 is 2.57 bits per heavy atom. The van der Waals surface area contributed by atoms with Crippen LogP contribution in [0.15, 0.2) is 24.4 Å². The molecule has 1 fully saturated rings. The lowest BCUT2D eigenvalue weighted by molar-refractivity contribution is -0.122. The fourth-order valence-corrected chi connectivity index (χ4v) is 3.11. The second-order valence-electron chi connectivity index (χ2n) is 6.41. The maximum atomic E-state index is 12.4. The quantitative estimate of drug-likeness (QED) is 0.911. The minimum absolute atomic E-state index is 0.113. The van der Waals surface area contributed by atoms with Crippen LogP contribution in [0.1, 0.15) is 43.5 Å². The minimum Gasteiger partial charge on any atom is -0.323 e. The SMILES string of the molecule is Cc1cc(C)n(-c2ccc(NC(=O)C3(N)CCCCC3)cn2)n1. The number of carbonyl (C=O) groups excluding carboxylic acids is 1. The van der Waals surface area contributed by atoms with E-state index in [1.165, 1.54) is 0 Å². The van der Waals surface area contributed by atoms with Crippen LogP contribution in [0.3, 0.4) is 0 Å². The number of rotatable bonds is 3. The van der Waals surface area contributed by atoms with Crippen LogP contribution in [-0.4, -0.2) is 26.2 Å². The molecule has 2 heterocycles. The molecular weight excluding hydrogens is 290 g/mol. The van der Waals surface area contributed by atoms with Gasteiger partial charge in [-0.15, -0.1) is 0 Å². The topological polar surface area (TPSA) is 85.8 Å². The van der Waals surface area contributed by atoms with Crippen molar-refractivity contribution in [3.05, 3.63) is 35.8 Å². The zero-order valence-electron chi connectivity index (χ0n) is 13.7. The molecule has 0 aromatic carbocycles. The molecule has 0 saturated heterocycles. The molecule has 1 saturated carbocycles. The number of nitrogens with zero attached hydrogens (tertiary/aromatic N) is 3. The molecule has 3 rings (SSSR count). The van der Waals surface area contributed by atoms with Crippen molar-refractivity contribution in [1.29, 1.82) is 0 Å². The predicted molar refractivity (Wildman–Crippen MR) is 89.5 cm³/mol. The van der Waals surface area contributed by atoms with Crippen LogP contribution >= 0.6 is 0 Å². The molecule has 1 amide bonds. The van der Waals surface area contributed by atoms with Gasteiger partial charge in [-0.05, 0) is 44.9 Å². The van der Waals surface area contributed by atoms with E-state index in [1.807, 2.05) is 32.0 Å².